The number of hydrogen-bond acceptors (Lipinski definition) is 4. The molecule has 0 saturated carbocycles. The van der Waals surface area contributed by atoms with Crippen LogP contribution in [0.25, 0.3) is 0 Å². The quantitative estimate of drug-likeness (QED) is 0.475. The third-order valence-electron chi connectivity index (χ3n) is 6.13. The number of aromatic nitrogens is 2. The van der Waals surface area contributed by atoms with Gasteiger partial charge in [-0.05, 0) is 69.8 Å². The number of likely N-dealkylation sites (tertiary alicyclic amines) is 1. The Balaban J connectivity index is 1.44. The van der Waals surface area contributed by atoms with E-state index in [4.69, 9.17) is 4.74 Å². The van der Waals surface area contributed by atoms with Gasteiger partial charge in [0.2, 0.25) is 0 Å². The smallest absolute Gasteiger partial charge is 0.254 e. The van der Waals surface area contributed by atoms with Gasteiger partial charge in [-0.3, -0.25) is 9.69 Å². The first-order valence-electron chi connectivity index (χ1n) is 12.2. The molecule has 1 N–H and O–H groups in total. The van der Waals surface area contributed by atoms with Gasteiger partial charge in [-0.1, -0.05) is 44.7 Å². The van der Waals surface area contributed by atoms with Gasteiger partial charge in [0.25, 0.3) is 5.56 Å². The van der Waals surface area contributed by atoms with E-state index >= 15 is 0 Å². The number of benzene rings is 1. The van der Waals surface area contributed by atoms with Crippen LogP contribution in [0.5, 0.6) is 5.75 Å². The SMILES string of the molecule is CCCCCCc1c(C)nc(CCCOc2cccc(CN3CCCCC3)c2)[nH]c1=O. The molecule has 0 radical (unpaired) electrons. The van der Waals surface area contributed by atoms with Crippen LogP contribution in [0.3, 0.4) is 0 Å². The van der Waals surface area contributed by atoms with Crippen molar-refractivity contribution in [2.24, 2.45) is 0 Å². The number of hydrogen-bond donors (Lipinski definition) is 1. The van der Waals surface area contributed by atoms with Gasteiger partial charge in [0.05, 0.1) is 6.61 Å². The zero-order chi connectivity index (χ0) is 21.9. The van der Waals surface area contributed by atoms with Gasteiger partial charge >= 0.3 is 0 Å². The van der Waals surface area contributed by atoms with Crippen molar-refractivity contribution < 1.29 is 4.74 Å². The van der Waals surface area contributed by atoms with Gasteiger partial charge in [0, 0.05) is 24.2 Å². The number of nitrogens with zero attached hydrogens (tertiary/aromatic N) is 2. The number of rotatable bonds is 12. The average Bonchev–Trinajstić information content (AvgIpc) is 2.77. The Morgan fingerprint density at radius 2 is 1.90 bits per heavy atom. The van der Waals surface area contributed by atoms with Gasteiger partial charge < -0.3 is 9.72 Å². The molecule has 0 unspecified atom stereocenters. The maximum Gasteiger partial charge on any atom is 0.254 e. The van der Waals surface area contributed by atoms with E-state index in [-0.39, 0.29) is 5.56 Å². The zero-order valence-electron chi connectivity index (χ0n) is 19.4. The van der Waals surface area contributed by atoms with Crippen LogP contribution in [-0.2, 0) is 19.4 Å². The Kier molecular flexibility index (Phi) is 9.60. The molecule has 0 amide bonds. The van der Waals surface area contributed by atoms with E-state index in [0.717, 1.165) is 55.1 Å². The Morgan fingerprint density at radius 3 is 2.68 bits per heavy atom. The summed E-state index contributed by atoms with van der Waals surface area (Å²) in [6.07, 6.45) is 11.0. The second-order valence-electron chi connectivity index (χ2n) is 8.82. The van der Waals surface area contributed by atoms with Crippen LogP contribution in [0, 0.1) is 6.92 Å². The van der Waals surface area contributed by atoms with Gasteiger partial charge in [0.15, 0.2) is 0 Å². The lowest BCUT2D eigenvalue weighted by molar-refractivity contribution is 0.220. The first kappa shape index (κ1) is 23.5. The molecule has 5 nitrogen and oxygen atoms in total. The Bertz CT molecular complexity index is 856. The standard InChI is InChI=1S/C26H39N3O2/c1-3-4-5-7-14-24-21(2)27-25(28-26(24)30)15-11-18-31-23-13-10-12-22(19-23)20-29-16-8-6-9-17-29/h10,12-13,19H,3-9,11,14-18,20H2,1-2H3,(H,27,28,30). The first-order chi connectivity index (χ1) is 15.2. The van der Waals surface area contributed by atoms with Crippen molar-refractivity contribution in [3.05, 3.63) is 57.3 Å². The summed E-state index contributed by atoms with van der Waals surface area (Å²) in [6.45, 7) is 8.18. The molecule has 0 atom stereocenters. The van der Waals surface area contributed by atoms with E-state index in [2.05, 4.69) is 40.0 Å². The van der Waals surface area contributed by atoms with Crippen LogP contribution in [-0.4, -0.2) is 34.6 Å². The molecule has 31 heavy (non-hydrogen) atoms. The molecule has 3 rings (SSSR count). The number of aromatic amines is 1. The first-order valence-corrected chi connectivity index (χ1v) is 12.2. The molecule has 0 bridgehead atoms. The number of aryl methyl sites for hydroxylation is 2. The summed E-state index contributed by atoms with van der Waals surface area (Å²) in [5.74, 6) is 1.69. The largest absolute Gasteiger partial charge is 0.494 e. The summed E-state index contributed by atoms with van der Waals surface area (Å²) in [7, 11) is 0. The maximum atomic E-state index is 12.4. The normalized spacial score (nSPS) is 14.6. The predicted octanol–water partition coefficient (Wildman–Crippen LogP) is 5.20. The van der Waals surface area contributed by atoms with Crippen LogP contribution in [0.1, 0.15) is 80.9 Å². The molecular formula is C26H39N3O2. The molecule has 2 aromatic rings. The summed E-state index contributed by atoms with van der Waals surface area (Å²) < 4.78 is 5.98. The molecule has 1 aromatic heterocycles. The minimum Gasteiger partial charge on any atom is -0.494 e. The molecular weight excluding hydrogens is 386 g/mol. The predicted molar refractivity (Wildman–Crippen MR) is 127 cm³/mol. The summed E-state index contributed by atoms with van der Waals surface area (Å²) in [6, 6.07) is 8.45. The minimum absolute atomic E-state index is 0.0327. The number of piperidine rings is 1. The third kappa shape index (κ3) is 7.80. The number of H-pyrrole nitrogens is 1. The van der Waals surface area contributed by atoms with Gasteiger partial charge in [-0.15, -0.1) is 0 Å². The molecule has 1 aliphatic heterocycles. The highest BCUT2D eigenvalue weighted by Gasteiger charge is 2.11. The Hall–Kier alpha value is -2.14. The van der Waals surface area contributed by atoms with E-state index in [1.807, 2.05) is 13.0 Å². The summed E-state index contributed by atoms with van der Waals surface area (Å²) in [4.78, 5) is 22.6. The van der Waals surface area contributed by atoms with Crippen LogP contribution in [0.2, 0.25) is 0 Å². The van der Waals surface area contributed by atoms with E-state index in [0.29, 0.717) is 6.61 Å². The van der Waals surface area contributed by atoms with E-state index in [9.17, 15) is 4.79 Å². The number of ether oxygens (including phenoxy) is 1. The van der Waals surface area contributed by atoms with Crippen LogP contribution in [0.4, 0.5) is 0 Å². The molecule has 1 saturated heterocycles. The zero-order valence-corrected chi connectivity index (χ0v) is 19.4. The lowest BCUT2D eigenvalue weighted by Crippen LogP contribution is -2.29. The van der Waals surface area contributed by atoms with Crippen LogP contribution < -0.4 is 10.3 Å². The van der Waals surface area contributed by atoms with E-state index < -0.39 is 0 Å². The molecule has 2 heterocycles. The van der Waals surface area contributed by atoms with Crippen molar-refractivity contribution in [2.75, 3.05) is 19.7 Å². The van der Waals surface area contributed by atoms with Crippen LogP contribution >= 0.6 is 0 Å². The summed E-state index contributed by atoms with van der Waals surface area (Å²) >= 11 is 0. The highest BCUT2D eigenvalue weighted by Crippen LogP contribution is 2.18. The minimum atomic E-state index is 0.0327. The third-order valence-corrected chi connectivity index (χ3v) is 6.13. The van der Waals surface area contributed by atoms with Crippen molar-refractivity contribution in [1.29, 1.82) is 0 Å². The fourth-order valence-corrected chi connectivity index (χ4v) is 4.35. The van der Waals surface area contributed by atoms with Crippen molar-refractivity contribution in [1.82, 2.24) is 14.9 Å². The second kappa shape index (κ2) is 12.7. The fourth-order valence-electron chi connectivity index (χ4n) is 4.35. The number of nitrogens with one attached hydrogen (secondary N) is 1. The summed E-state index contributed by atoms with van der Waals surface area (Å²) in [5.41, 5.74) is 3.07. The van der Waals surface area contributed by atoms with Crippen molar-refractivity contribution >= 4 is 0 Å². The molecule has 1 aromatic carbocycles. The van der Waals surface area contributed by atoms with Gasteiger partial charge in [-0.2, -0.15) is 0 Å². The topological polar surface area (TPSA) is 58.2 Å². The lowest BCUT2D eigenvalue weighted by atomic mass is 10.1. The Morgan fingerprint density at radius 1 is 1.06 bits per heavy atom. The fraction of sp³-hybridized carbons (Fsp3) is 0.615. The Labute approximate surface area is 187 Å². The molecule has 170 valence electrons. The highest BCUT2D eigenvalue weighted by molar-refractivity contribution is 5.28. The molecule has 0 spiro atoms. The molecule has 1 fully saturated rings. The summed E-state index contributed by atoms with van der Waals surface area (Å²) in [5, 5.41) is 0. The van der Waals surface area contributed by atoms with Crippen LogP contribution in [0.15, 0.2) is 29.1 Å². The maximum absolute atomic E-state index is 12.4. The lowest BCUT2D eigenvalue weighted by Gasteiger charge is -2.26. The highest BCUT2D eigenvalue weighted by atomic mass is 16.5. The molecule has 1 aliphatic rings. The number of unbranched alkanes of at least 4 members (excludes halogenated alkanes) is 3. The molecule has 0 aliphatic carbocycles. The second-order valence-corrected chi connectivity index (χ2v) is 8.82. The average molecular weight is 426 g/mol. The monoisotopic (exact) mass is 425 g/mol. The molecule has 5 heteroatoms. The van der Waals surface area contributed by atoms with E-state index in [1.54, 1.807) is 0 Å². The van der Waals surface area contributed by atoms with Crippen molar-refractivity contribution in [2.45, 2.75) is 84.6 Å². The van der Waals surface area contributed by atoms with Crippen molar-refractivity contribution in [3.63, 3.8) is 0 Å². The van der Waals surface area contributed by atoms with Crippen molar-refractivity contribution in [3.8, 4) is 5.75 Å². The van der Waals surface area contributed by atoms with Gasteiger partial charge in [-0.25, -0.2) is 4.98 Å². The van der Waals surface area contributed by atoms with E-state index in [1.165, 1.54) is 57.2 Å². The van der Waals surface area contributed by atoms with Gasteiger partial charge in [0.1, 0.15) is 11.6 Å².